The first-order valence-corrected chi connectivity index (χ1v) is 7.24. The molecule has 0 spiro atoms. The molecule has 0 aliphatic rings. The lowest BCUT2D eigenvalue weighted by Crippen LogP contribution is -2.34. The van der Waals surface area contributed by atoms with Gasteiger partial charge in [0.1, 0.15) is 0 Å². The van der Waals surface area contributed by atoms with Crippen molar-refractivity contribution in [1.82, 2.24) is 5.10 Å². The van der Waals surface area contributed by atoms with Crippen molar-refractivity contribution in [3.05, 3.63) is 64.1 Å². The summed E-state index contributed by atoms with van der Waals surface area (Å²) in [6.07, 6.45) is 0. The fourth-order valence-electron chi connectivity index (χ4n) is 1.94. The second-order valence-corrected chi connectivity index (χ2v) is 6.01. The lowest BCUT2D eigenvalue weighted by atomic mass is 10.1. The van der Waals surface area contributed by atoms with Crippen LogP contribution in [0.15, 0.2) is 54.6 Å². The highest BCUT2D eigenvalue weighted by atomic mass is 32.1. The van der Waals surface area contributed by atoms with E-state index in [1.807, 2.05) is 22.9 Å². The van der Waals surface area contributed by atoms with Gasteiger partial charge in [0.25, 0.3) is 0 Å². The molecule has 0 aliphatic carbocycles. The van der Waals surface area contributed by atoms with E-state index in [1.54, 1.807) is 11.3 Å². The van der Waals surface area contributed by atoms with Crippen LogP contribution in [-0.4, -0.2) is 5.10 Å². The fraction of sp³-hybridized carbons (Fsp3) is 0.0667. The minimum Gasteiger partial charge on any atom is -0.137 e. The number of nitrogens with one attached hydrogen (secondary N) is 1. The molecule has 0 saturated carbocycles. The third-order valence-electron chi connectivity index (χ3n) is 2.91. The van der Waals surface area contributed by atoms with Gasteiger partial charge in [-0.05, 0) is 42.6 Å². The standard InChI is InChI=1S/C15H12N2S2/c1-11-7-9-12(10-8-11)14-17(16-15(18)19-14)13-5-3-2-4-6-13/h2-10H,1H3/p+1. The Labute approximate surface area is 121 Å². The molecule has 1 heterocycles. The molecule has 0 aliphatic heterocycles. The Hall–Kier alpha value is -1.78. The number of hydrogen-bond acceptors (Lipinski definition) is 2. The molecule has 0 atom stereocenters. The first-order chi connectivity index (χ1) is 9.24. The smallest absolute Gasteiger partial charge is 0.137 e. The summed E-state index contributed by atoms with van der Waals surface area (Å²) in [5.41, 5.74) is 3.52. The molecular weight excluding hydrogens is 272 g/mol. The predicted octanol–water partition coefficient (Wildman–Crippen LogP) is 4.06. The van der Waals surface area contributed by atoms with Gasteiger partial charge < -0.3 is 0 Å². The first kappa shape index (κ1) is 12.3. The zero-order chi connectivity index (χ0) is 13.2. The number of hydrogen-bond donors (Lipinski definition) is 1. The molecule has 94 valence electrons. The van der Waals surface area contributed by atoms with Crippen molar-refractivity contribution in [3.63, 3.8) is 0 Å². The lowest BCUT2D eigenvalue weighted by molar-refractivity contribution is -0.643. The summed E-state index contributed by atoms with van der Waals surface area (Å²) in [6.45, 7) is 2.09. The van der Waals surface area contributed by atoms with Crippen LogP contribution in [0.1, 0.15) is 5.56 Å². The molecule has 1 N–H and O–H groups in total. The third kappa shape index (κ3) is 2.50. The Bertz CT molecular complexity index is 740. The summed E-state index contributed by atoms with van der Waals surface area (Å²) in [5.74, 6) is 0. The van der Waals surface area contributed by atoms with Crippen molar-refractivity contribution in [2.45, 2.75) is 6.92 Å². The van der Waals surface area contributed by atoms with Gasteiger partial charge in [-0.25, -0.2) is 0 Å². The van der Waals surface area contributed by atoms with Gasteiger partial charge in [-0.3, -0.25) is 0 Å². The highest BCUT2D eigenvalue weighted by molar-refractivity contribution is 7.73. The zero-order valence-electron chi connectivity index (χ0n) is 10.5. The average Bonchev–Trinajstić information content (AvgIpc) is 2.83. The molecule has 4 heteroatoms. The van der Waals surface area contributed by atoms with E-state index in [9.17, 15) is 0 Å². The van der Waals surface area contributed by atoms with Gasteiger partial charge in [0, 0.05) is 12.1 Å². The molecule has 0 radical (unpaired) electrons. The highest BCUT2D eigenvalue weighted by Gasteiger charge is 2.19. The van der Waals surface area contributed by atoms with Crippen LogP contribution >= 0.6 is 23.6 Å². The van der Waals surface area contributed by atoms with E-state index < -0.39 is 0 Å². The van der Waals surface area contributed by atoms with Crippen LogP contribution in [0.4, 0.5) is 0 Å². The maximum Gasteiger partial charge on any atom is 0.301 e. The third-order valence-corrected chi connectivity index (χ3v) is 4.14. The molecule has 2 aromatic carbocycles. The summed E-state index contributed by atoms with van der Waals surface area (Å²) in [5, 5.41) is 4.35. The van der Waals surface area contributed by atoms with Crippen LogP contribution in [0.5, 0.6) is 0 Å². The summed E-state index contributed by atoms with van der Waals surface area (Å²) in [6, 6.07) is 18.7. The van der Waals surface area contributed by atoms with E-state index in [4.69, 9.17) is 12.2 Å². The van der Waals surface area contributed by atoms with Crippen molar-refractivity contribution in [3.8, 4) is 16.3 Å². The summed E-state index contributed by atoms with van der Waals surface area (Å²) in [7, 11) is 0. The Morgan fingerprint density at radius 2 is 1.68 bits per heavy atom. The summed E-state index contributed by atoms with van der Waals surface area (Å²) >= 11 is 6.88. The van der Waals surface area contributed by atoms with Gasteiger partial charge in [-0.15, -0.1) is 5.10 Å². The molecule has 2 nitrogen and oxygen atoms in total. The molecule has 0 unspecified atom stereocenters. The lowest BCUT2D eigenvalue weighted by Gasteiger charge is -1.97. The van der Waals surface area contributed by atoms with Crippen molar-refractivity contribution in [2.24, 2.45) is 0 Å². The topological polar surface area (TPSA) is 19.7 Å². The molecule has 19 heavy (non-hydrogen) atoms. The van der Waals surface area contributed by atoms with Crippen LogP contribution < -0.4 is 4.68 Å². The Morgan fingerprint density at radius 1 is 1.00 bits per heavy atom. The van der Waals surface area contributed by atoms with Crippen molar-refractivity contribution >= 4 is 23.6 Å². The number of aryl methyl sites for hydroxylation is 1. The Balaban J connectivity index is 2.17. The average molecular weight is 285 g/mol. The van der Waals surface area contributed by atoms with E-state index in [2.05, 4.69) is 48.4 Å². The van der Waals surface area contributed by atoms with Crippen molar-refractivity contribution < 1.29 is 4.68 Å². The van der Waals surface area contributed by atoms with E-state index in [0.29, 0.717) is 0 Å². The minimum absolute atomic E-state index is 0.777. The predicted molar refractivity (Wildman–Crippen MR) is 81.2 cm³/mol. The first-order valence-electron chi connectivity index (χ1n) is 6.02. The molecule has 3 aromatic rings. The Kier molecular flexibility index (Phi) is 3.27. The quantitative estimate of drug-likeness (QED) is 0.556. The number of aromatic nitrogens is 2. The minimum atomic E-state index is 0.777. The van der Waals surface area contributed by atoms with Crippen LogP contribution in [0.3, 0.4) is 0 Å². The maximum absolute atomic E-state index is 5.29. The van der Waals surface area contributed by atoms with E-state index in [-0.39, 0.29) is 0 Å². The number of benzene rings is 2. The number of rotatable bonds is 2. The normalized spacial score (nSPS) is 10.6. The van der Waals surface area contributed by atoms with Crippen molar-refractivity contribution in [1.29, 1.82) is 0 Å². The molecule has 3 rings (SSSR count). The van der Waals surface area contributed by atoms with Gasteiger partial charge in [-0.1, -0.05) is 40.6 Å². The number of nitrogens with zero attached hydrogens (tertiary/aromatic N) is 1. The van der Waals surface area contributed by atoms with E-state index >= 15 is 0 Å². The largest absolute Gasteiger partial charge is 0.301 e. The highest BCUT2D eigenvalue weighted by Crippen LogP contribution is 2.22. The van der Waals surface area contributed by atoms with Gasteiger partial charge in [0.15, 0.2) is 0 Å². The van der Waals surface area contributed by atoms with Crippen LogP contribution in [-0.2, 0) is 0 Å². The van der Waals surface area contributed by atoms with Gasteiger partial charge in [0.05, 0.1) is 5.56 Å². The Morgan fingerprint density at radius 3 is 2.37 bits per heavy atom. The van der Waals surface area contributed by atoms with Crippen LogP contribution in [0.2, 0.25) is 0 Å². The molecule has 0 amide bonds. The number of aromatic amines is 1. The monoisotopic (exact) mass is 285 g/mol. The molecule has 1 aromatic heterocycles. The molecule has 0 fully saturated rings. The van der Waals surface area contributed by atoms with Crippen LogP contribution in [0, 0.1) is 10.9 Å². The maximum atomic E-state index is 5.29. The van der Waals surface area contributed by atoms with Gasteiger partial charge in [-0.2, -0.15) is 0 Å². The van der Waals surface area contributed by atoms with Gasteiger partial charge >= 0.3 is 5.01 Å². The second-order valence-electron chi connectivity index (χ2n) is 4.34. The number of H-pyrrole nitrogens is 1. The molecule has 0 saturated heterocycles. The summed E-state index contributed by atoms with van der Waals surface area (Å²) in [4.78, 5) is 0. The fourth-order valence-corrected chi connectivity index (χ4v) is 3.08. The van der Waals surface area contributed by atoms with Gasteiger partial charge in [0.2, 0.25) is 9.64 Å². The molecule has 0 bridgehead atoms. The zero-order valence-corrected chi connectivity index (χ0v) is 12.1. The van der Waals surface area contributed by atoms with E-state index in [1.165, 1.54) is 11.1 Å². The molecular formula is C15H13N2S2+. The SMILES string of the molecule is Cc1ccc(-c2sc(=S)[nH][n+]2-c2ccccc2)cc1. The van der Waals surface area contributed by atoms with Crippen LogP contribution in [0.25, 0.3) is 16.3 Å². The van der Waals surface area contributed by atoms with Crippen molar-refractivity contribution in [2.75, 3.05) is 0 Å². The second kappa shape index (κ2) is 5.07. The number of para-hydroxylation sites is 1. The summed E-state index contributed by atoms with van der Waals surface area (Å²) < 4.78 is 2.82. The van der Waals surface area contributed by atoms with E-state index in [0.717, 1.165) is 14.6 Å².